The van der Waals surface area contributed by atoms with Crippen LogP contribution in [0.3, 0.4) is 0 Å². The first-order valence-electron chi connectivity index (χ1n) is 6.44. The molecule has 0 bridgehead atoms. The average molecular weight is 262 g/mol. The van der Waals surface area contributed by atoms with Gasteiger partial charge in [-0.2, -0.15) is 0 Å². The van der Waals surface area contributed by atoms with E-state index in [9.17, 15) is 5.11 Å². The summed E-state index contributed by atoms with van der Waals surface area (Å²) in [6.07, 6.45) is 5.23. The Bertz CT molecular complexity index is 751. The number of rotatable bonds is 3. The minimum atomic E-state index is 0.276. The van der Waals surface area contributed by atoms with Gasteiger partial charge in [-0.25, -0.2) is 0 Å². The molecule has 1 heterocycles. The SMILES string of the molecule is Oc1c(C=NCc2cccnc2)ccc2ccccc12. The van der Waals surface area contributed by atoms with Crippen LogP contribution in [-0.4, -0.2) is 16.3 Å². The number of aromatic nitrogens is 1. The summed E-state index contributed by atoms with van der Waals surface area (Å²) in [5.41, 5.74) is 1.77. The standard InChI is InChI=1S/C17H14N2O/c20-17-15(8-7-14-5-1-2-6-16(14)17)12-19-11-13-4-3-9-18-10-13/h1-10,12,20H,11H2. The largest absolute Gasteiger partial charge is 0.507 e. The van der Waals surface area contributed by atoms with Gasteiger partial charge in [-0.15, -0.1) is 0 Å². The van der Waals surface area contributed by atoms with E-state index in [4.69, 9.17) is 0 Å². The van der Waals surface area contributed by atoms with Gasteiger partial charge in [-0.3, -0.25) is 9.98 Å². The van der Waals surface area contributed by atoms with Crippen LogP contribution in [-0.2, 0) is 6.54 Å². The first-order valence-corrected chi connectivity index (χ1v) is 6.44. The van der Waals surface area contributed by atoms with Gasteiger partial charge >= 0.3 is 0 Å². The highest BCUT2D eigenvalue weighted by atomic mass is 16.3. The van der Waals surface area contributed by atoms with E-state index in [1.165, 1.54) is 0 Å². The number of nitrogens with zero attached hydrogens (tertiary/aromatic N) is 2. The van der Waals surface area contributed by atoms with Crippen LogP contribution in [0.4, 0.5) is 0 Å². The molecular formula is C17H14N2O. The number of pyridine rings is 1. The first kappa shape index (κ1) is 12.4. The van der Waals surface area contributed by atoms with Crippen molar-refractivity contribution in [2.75, 3.05) is 0 Å². The van der Waals surface area contributed by atoms with E-state index in [0.29, 0.717) is 6.54 Å². The number of aromatic hydroxyl groups is 1. The highest BCUT2D eigenvalue weighted by molar-refractivity contribution is 5.97. The molecule has 20 heavy (non-hydrogen) atoms. The summed E-state index contributed by atoms with van der Waals surface area (Å²) in [5, 5.41) is 12.1. The van der Waals surface area contributed by atoms with Gasteiger partial charge in [-0.05, 0) is 23.1 Å². The fourth-order valence-corrected chi connectivity index (χ4v) is 2.12. The lowest BCUT2D eigenvalue weighted by atomic mass is 10.1. The van der Waals surface area contributed by atoms with E-state index in [-0.39, 0.29) is 5.75 Å². The third-order valence-electron chi connectivity index (χ3n) is 3.16. The van der Waals surface area contributed by atoms with Crippen LogP contribution in [0, 0.1) is 0 Å². The molecule has 0 saturated carbocycles. The number of hydrogen-bond acceptors (Lipinski definition) is 3. The second-order valence-electron chi connectivity index (χ2n) is 4.56. The maximum Gasteiger partial charge on any atom is 0.132 e. The summed E-state index contributed by atoms with van der Waals surface area (Å²) >= 11 is 0. The molecule has 0 radical (unpaired) electrons. The predicted molar refractivity (Wildman–Crippen MR) is 81.1 cm³/mol. The molecule has 3 aromatic rings. The maximum atomic E-state index is 10.2. The molecule has 1 aromatic heterocycles. The molecular weight excluding hydrogens is 248 g/mol. The van der Waals surface area contributed by atoms with Gasteiger partial charge in [0.05, 0.1) is 6.54 Å². The molecule has 1 N–H and O–H groups in total. The summed E-state index contributed by atoms with van der Waals surface area (Å²) < 4.78 is 0. The molecule has 0 spiro atoms. The molecule has 3 heteroatoms. The summed E-state index contributed by atoms with van der Waals surface area (Å²) in [7, 11) is 0. The summed E-state index contributed by atoms with van der Waals surface area (Å²) in [6, 6.07) is 15.5. The van der Waals surface area contributed by atoms with Crippen LogP contribution in [0.25, 0.3) is 10.8 Å². The lowest BCUT2D eigenvalue weighted by molar-refractivity contribution is 0.481. The zero-order chi connectivity index (χ0) is 13.8. The zero-order valence-corrected chi connectivity index (χ0v) is 10.9. The molecule has 98 valence electrons. The molecule has 0 aliphatic rings. The Morgan fingerprint density at radius 3 is 2.80 bits per heavy atom. The van der Waals surface area contributed by atoms with Crippen molar-refractivity contribution < 1.29 is 5.11 Å². The molecule has 0 amide bonds. The van der Waals surface area contributed by atoms with Gasteiger partial charge in [0.1, 0.15) is 5.75 Å². The van der Waals surface area contributed by atoms with Crippen LogP contribution >= 0.6 is 0 Å². The van der Waals surface area contributed by atoms with Gasteiger partial charge in [0.15, 0.2) is 0 Å². The van der Waals surface area contributed by atoms with Crippen molar-refractivity contribution in [3.8, 4) is 5.75 Å². The van der Waals surface area contributed by atoms with E-state index < -0.39 is 0 Å². The van der Waals surface area contributed by atoms with E-state index in [2.05, 4.69) is 9.98 Å². The van der Waals surface area contributed by atoms with E-state index >= 15 is 0 Å². The lowest BCUT2D eigenvalue weighted by Gasteiger charge is -2.04. The van der Waals surface area contributed by atoms with Gasteiger partial charge in [0.2, 0.25) is 0 Å². The van der Waals surface area contributed by atoms with Crippen molar-refractivity contribution in [3.63, 3.8) is 0 Å². The molecule has 0 aliphatic heterocycles. The van der Waals surface area contributed by atoms with Crippen molar-refractivity contribution in [2.24, 2.45) is 4.99 Å². The normalized spacial score (nSPS) is 11.2. The minimum absolute atomic E-state index is 0.276. The Balaban J connectivity index is 1.86. The number of benzene rings is 2. The van der Waals surface area contributed by atoms with E-state index in [0.717, 1.165) is 21.9 Å². The molecule has 3 nitrogen and oxygen atoms in total. The smallest absolute Gasteiger partial charge is 0.132 e. The minimum Gasteiger partial charge on any atom is -0.507 e. The van der Waals surface area contributed by atoms with E-state index in [1.807, 2.05) is 48.5 Å². The van der Waals surface area contributed by atoms with Crippen molar-refractivity contribution >= 4 is 17.0 Å². The summed E-state index contributed by atoms with van der Waals surface area (Å²) in [5.74, 6) is 0.276. The van der Waals surface area contributed by atoms with Crippen LogP contribution in [0.2, 0.25) is 0 Å². The third-order valence-corrected chi connectivity index (χ3v) is 3.16. The topological polar surface area (TPSA) is 45.5 Å². The first-order chi connectivity index (χ1) is 9.84. The molecule has 0 unspecified atom stereocenters. The second-order valence-corrected chi connectivity index (χ2v) is 4.56. The number of aliphatic imine (C=N–C) groups is 1. The fraction of sp³-hybridized carbons (Fsp3) is 0.0588. The van der Waals surface area contributed by atoms with Crippen LogP contribution < -0.4 is 0 Å². The molecule has 0 aliphatic carbocycles. The van der Waals surface area contributed by atoms with Gasteiger partial charge in [0.25, 0.3) is 0 Å². The Labute approximate surface area is 117 Å². The average Bonchev–Trinajstić information content (AvgIpc) is 2.51. The quantitative estimate of drug-likeness (QED) is 0.733. The lowest BCUT2D eigenvalue weighted by Crippen LogP contribution is -1.87. The van der Waals surface area contributed by atoms with Crippen molar-refractivity contribution in [2.45, 2.75) is 6.54 Å². The molecule has 0 fully saturated rings. The maximum absolute atomic E-state index is 10.2. The fourth-order valence-electron chi connectivity index (χ4n) is 2.12. The van der Waals surface area contributed by atoms with Crippen LogP contribution in [0.1, 0.15) is 11.1 Å². The van der Waals surface area contributed by atoms with Crippen molar-refractivity contribution in [1.82, 2.24) is 4.98 Å². The summed E-state index contributed by atoms with van der Waals surface area (Å²) in [4.78, 5) is 8.40. The van der Waals surface area contributed by atoms with Crippen LogP contribution in [0.5, 0.6) is 5.75 Å². The third kappa shape index (κ3) is 2.52. The van der Waals surface area contributed by atoms with E-state index in [1.54, 1.807) is 18.6 Å². The number of phenols is 1. The highest BCUT2D eigenvalue weighted by Crippen LogP contribution is 2.27. The Morgan fingerprint density at radius 2 is 1.95 bits per heavy atom. The van der Waals surface area contributed by atoms with Gasteiger partial charge in [0, 0.05) is 29.6 Å². The molecule has 0 atom stereocenters. The molecule has 3 rings (SSSR count). The Kier molecular flexibility index (Phi) is 3.42. The molecule has 0 saturated heterocycles. The van der Waals surface area contributed by atoms with Crippen LogP contribution in [0.15, 0.2) is 65.9 Å². The van der Waals surface area contributed by atoms with Gasteiger partial charge in [-0.1, -0.05) is 36.4 Å². The predicted octanol–water partition coefficient (Wildman–Crippen LogP) is 3.56. The number of hydrogen-bond donors (Lipinski definition) is 1. The second kappa shape index (κ2) is 5.53. The van der Waals surface area contributed by atoms with Crippen molar-refractivity contribution in [3.05, 3.63) is 72.1 Å². The molecule has 2 aromatic carbocycles. The van der Waals surface area contributed by atoms with Gasteiger partial charge < -0.3 is 5.11 Å². The summed E-state index contributed by atoms with van der Waals surface area (Å²) in [6.45, 7) is 0.556. The highest BCUT2D eigenvalue weighted by Gasteiger charge is 2.03. The number of phenolic OH excluding ortho intramolecular Hbond substituents is 1. The zero-order valence-electron chi connectivity index (χ0n) is 10.9. The number of fused-ring (bicyclic) bond motifs is 1. The monoisotopic (exact) mass is 262 g/mol. The Hall–Kier alpha value is -2.68. The Morgan fingerprint density at radius 1 is 1.05 bits per heavy atom. The van der Waals surface area contributed by atoms with Crippen molar-refractivity contribution in [1.29, 1.82) is 0 Å².